The fourth-order valence-electron chi connectivity index (χ4n) is 0.482. The number of ether oxygens (including phenoxy) is 1. The van der Waals surface area contributed by atoms with Crippen LogP contribution in [0.5, 0.6) is 0 Å². The van der Waals surface area contributed by atoms with Gasteiger partial charge < -0.3 is 9.29 Å². The number of rotatable bonds is 5. The minimum atomic E-state index is -4.03. The van der Waals surface area contributed by atoms with Gasteiger partial charge in [0.05, 0.1) is 10.1 Å². The van der Waals surface area contributed by atoms with Crippen LogP contribution in [0, 0.1) is 0 Å². The molecule has 0 bridgehead atoms. The zero-order valence-electron chi connectivity index (χ0n) is 5.87. The van der Waals surface area contributed by atoms with Crippen LogP contribution < -0.4 is 0 Å². The highest BCUT2D eigenvalue weighted by Crippen LogP contribution is 1.88. The summed E-state index contributed by atoms with van der Waals surface area (Å²) >= 11 is 0. The molecule has 0 aliphatic rings. The zero-order valence-corrected chi connectivity index (χ0v) is 6.69. The molecule has 0 amide bonds. The lowest BCUT2D eigenvalue weighted by molar-refractivity contribution is 0.148. The van der Waals surface area contributed by atoms with Crippen LogP contribution in [0.25, 0.3) is 0 Å². The first-order valence-corrected chi connectivity index (χ1v) is 4.65. The Bertz CT molecular complexity index is 160. The molecule has 0 spiro atoms. The lowest BCUT2D eigenvalue weighted by Gasteiger charge is -2.05. The maximum absolute atomic E-state index is 9.98. The summed E-state index contributed by atoms with van der Waals surface area (Å²) in [5.74, 6) is -0.326. The van der Waals surface area contributed by atoms with Crippen molar-refractivity contribution in [2.45, 2.75) is 13.3 Å². The highest BCUT2D eigenvalue weighted by molar-refractivity contribution is 7.85. The molecule has 62 valence electrons. The van der Waals surface area contributed by atoms with E-state index in [1.807, 2.05) is 6.92 Å². The third-order valence-electron chi connectivity index (χ3n) is 0.887. The van der Waals surface area contributed by atoms with Crippen molar-refractivity contribution < 1.29 is 17.7 Å². The van der Waals surface area contributed by atoms with Crippen molar-refractivity contribution in [3.05, 3.63) is 0 Å². The minimum Gasteiger partial charge on any atom is -0.748 e. The van der Waals surface area contributed by atoms with E-state index in [0.29, 0.717) is 19.6 Å². The SMILES string of the molecule is CCOCCCS(=O)(=O)[O-]. The van der Waals surface area contributed by atoms with E-state index in [2.05, 4.69) is 0 Å². The largest absolute Gasteiger partial charge is 0.748 e. The fourth-order valence-corrected chi connectivity index (χ4v) is 0.954. The summed E-state index contributed by atoms with van der Waals surface area (Å²) in [4.78, 5) is 0. The van der Waals surface area contributed by atoms with E-state index in [4.69, 9.17) is 4.74 Å². The molecule has 0 aromatic rings. The molecule has 0 fully saturated rings. The summed E-state index contributed by atoms with van der Waals surface area (Å²) in [5, 5.41) is 0. The standard InChI is InChI=1S/C5H12O4S/c1-2-9-4-3-5-10(6,7)8/h2-5H2,1H3,(H,6,7,8)/p-1. The Morgan fingerprint density at radius 2 is 2.10 bits per heavy atom. The van der Waals surface area contributed by atoms with Crippen LogP contribution in [0.15, 0.2) is 0 Å². The Morgan fingerprint density at radius 1 is 1.50 bits per heavy atom. The Labute approximate surface area is 60.9 Å². The van der Waals surface area contributed by atoms with Crippen LogP contribution in [-0.4, -0.2) is 31.9 Å². The Kier molecular flexibility index (Phi) is 4.59. The quantitative estimate of drug-likeness (QED) is 0.425. The third kappa shape index (κ3) is 7.87. The van der Waals surface area contributed by atoms with Crippen LogP contribution in [0.4, 0.5) is 0 Å². The molecule has 0 atom stereocenters. The van der Waals surface area contributed by atoms with E-state index >= 15 is 0 Å². The summed E-state index contributed by atoms with van der Waals surface area (Å²) in [6.45, 7) is 2.71. The molecule has 0 aliphatic heterocycles. The van der Waals surface area contributed by atoms with Gasteiger partial charge in [0.2, 0.25) is 0 Å². The van der Waals surface area contributed by atoms with Gasteiger partial charge >= 0.3 is 0 Å². The van der Waals surface area contributed by atoms with Crippen molar-refractivity contribution in [1.82, 2.24) is 0 Å². The molecule has 0 saturated carbocycles. The predicted molar refractivity (Wildman–Crippen MR) is 35.7 cm³/mol. The first-order valence-electron chi connectivity index (χ1n) is 3.07. The van der Waals surface area contributed by atoms with Crippen molar-refractivity contribution in [3.8, 4) is 0 Å². The van der Waals surface area contributed by atoms with Crippen LogP contribution in [-0.2, 0) is 14.9 Å². The molecule has 0 radical (unpaired) electrons. The second-order valence-electron chi connectivity index (χ2n) is 1.81. The van der Waals surface area contributed by atoms with Crippen molar-refractivity contribution in [2.24, 2.45) is 0 Å². The molecular weight excluding hydrogens is 156 g/mol. The molecular formula is C5H11O4S-. The topological polar surface area (TPSA) is 66.4 Å². The molecule has 0 N–H and O–H groups in total. The van der Waals surface area contributed by atoms with Gasteiger partial charge in [0.25, 0.3) is 0 Å². The van der Waals surface area contributed by atoms with Crippen LogP contribution >= 0.6 is 0 Å². The van der Waals surface area contributed by atoms with Gasteiger partial charge in [-0.3, -0.25) is 0 Å². The summed E-state index contributed by atoms with van der Waals surface area (Å²) < 4.78 is 34.8. The average molecular weight is 167 g/mol. The smallest absolute Gasteiger partial charge is 0.0946 e. The van der Waals surface area contributed by atoms with Crippen molar-refractivity contribution in [2.75, 3.05) is 19.0 Å². The lowest BCUT2D eigenvalue weighted by Crippen LogP contribution is -2.07. The van der Waals surface area contributed by atoms with Gasteiger partial charge in [0.15, 0.2) is 0 Å². The molecule has 0 aliphatic carbocycles. The molecule has 0 rings (SSSR count). The van der Waals surface area contributed by atoms with Crippen molar-refractivity contribution in [1.29, 1.82) is 0 Å². The summed E-state index contributed by atoms with van der Waals surface area (Å²) in [5.41, 5.74) is 0. The van der Waals surface area contributed by atoms with Crippen molar-refractivity contribution in [3.63, 3.8) is 0 Å². The van der Waals surface area contributed by atoms with E-state index in [-0.39, 0.29) is 5.75 Å². The van der Waals surface area contributed by atoms with E-state index in [9.17, 15) is 13.0 Å². The molecule has 5 heteroatoms. The molecule has 0 aromatic heterocycles. The third-order valence-corrected chi connectivity index (χ3v) is 1.68. The molecule has 4 nitrogen and oxygen atoms in total. The Balaban J connectivity index is 3.21. The normalized spacial score (nSPS) is 11.8. The summed E-state index contributed by atoms with van der Waals surface area (Å²) in [7, 11) is -4.03. The predicted octanol–water partition coefficient (Wildman–Crippen LogP) is -0.0418. The Hall–Kier alpha value is -0.130. The monoisotopic (exact) mass is 167 g/mol. The average Bonchev–Trinajstić information content (AvgIpc) is 1.78. The van der Waals surface area contributed by atoms with Gasteiger partial charge in [-0.25, -0.2) is 8.42 Å². The van der Waals surface area contributed by atoms with Gasteiger partial charge in [0.1, 0.15) is 0 Å². The number of hydrogen-bond donors (Lipinski definition) is 0. The first-order chi connectivity index (χ1) is 4.56. The van der Waals surface area contributed by atoms with Gasteiger partial charge in [-0.2, -0.15) is 0 Å². The van der Waals surface area contributed by atoms with Crippen LogP contribution in [0.3, 0.4) is 0 Å². The van der Waals surface area contributed by atoms with Gasteiger partial charge in [-0.05, 0) is 13.3 Å². The summed E-state index contributed by atoms with van der Waals surface area (Å²) in [6.07, 6.45) is 0.291. The molecule has 0 saturated heterocycles. The Morgan fingerprint density at radius 3 is 2.50 bits per heavy atom. The highest BCUT2D eigenvalue weighted by atomic mass is 32.2. The second-order valence-corrected chi connectivity index (χ2v) is 3.34. The highest BCUT2D eigenvalue weighted by Gasteiger charge is 1.93. The minimum absolute atomic E-state index is 0.291. The maximum atomic E-state index is 9.98. The van der Waals surface area contributed by atoms with E-state index in [0.717, 1.165) is 0 Å². The molecule has 0 heterocycles. The molecule has 0 unspecified atom stereocenters. The van der Waals surface area contributed by atoms with Gasteiger partial charge in [-0.1, -0.05) is 0 Å². The van der Waals surface area contributed by atoms with Crippen LogP contribution in [0.2, 0.25) is 0 Å². The fraction of sp³-hybridized carbons (Fsp3) is 1.00. The van der Waals surface area contributed by atoms with Crippen molar-refractivity contribution >= 4 is 10.1 Å². The molecule has 10 heavy (non-hydrogen) atoms. The van der Waals surface area contributed by atoms with E-state index in [1.165, 1.54) is 0 Å². The zero-order chi connectivity index (χ0) is 8.04. The second kappa shape index (κ2) is 4.65. The van der Waals surface area contributed by atoms with Gasteiger partial charge in [0, 0.05) is 19.0 Å². The maximum Gasteiger partial charge on any atom is 0.0946 e. The molecule has 0 aromatic carbocycles. The van der Waals surface area contributed by atoms with E-state index < -0.39 is 10.1 Å². The lowest BCUT2D eigenvalue weighted by atomic mass is 10.5. The van der Waals surface area contributed by atoms with Gasteiger partial charge in [-0.15, -0.1) is 0 Å². The summed E-state index contributed by atoms with van der Waals surface area (Å²) in [6, 6.07) is 0. The van der Waals surface area contributed by atoms with E-state index in [1.54, 1.807) is 0 Å². The van der Waals surface area contributed by atoms with Crippen LogP contribution in [0.1, 0.15) is 13.3 Å². The number of hydrogen-bond acceptors (Lipinski definition) is 4. The first kappa shape index (κ1) is 9.87.